The Kier molecular flexibility index (Phi) is 45.1. The minimum Gasteiger partial charge on any atom is -0.482 e. The predicted molar refractivity (Wildman–Crippen MR) is 525 cm³/mol. The molecule has 772 valence electrons. The van der Waals surface area contributed by atoms with Gasteiger partial charge in [-0.1, -0.05) is 140 Å². The molecule has 7 rings (SSSR count). The number of likely N-dealkylation sites (N-methyl/N-ethyl adjacent to an activating group) is 1. The Labute approximate surface area is 826 Å². The van der Waals surface area contributed by atoms with Crippen molar-refractivity contribution in [1.82, 2.24) is 99.6 Å². The van der Waals surface area contributed by atoms with E-state index in [0.717, 1.165) is 23.0 Å². The normalized spacial score (nSPS) is 23.0. The first kappa shape index (κ1) is 114. The van der Waals surface area contributed by atoms with Gasteiger partial charge in [-0.2, -0.15) is 0 Å². The van der Waals surface area contributed by atoms with E-state index in [1.165, 1.54) is 71.5 Å². The first-order valence-electron chi connectivity index (χ1n) is 46.9. The highest BCUT2D eigenvalue weighted by molar-refractivity contribution is 8.00. The Bertz CT molecular complexity index is 5350. The van der Waals surface area contributed by atoms with Crippen LogP contribution in [0.15, 0.2) is 122 Å². The number of thioether (sulfide) groups is 1. The Morgan fingerprint density at radius 3 is 1.52 bits per heavy atom. The van der Waals surface area contributed by atoms with Gasteiger partial charge in [0.15, 0.2) is 12.6 Å². The van der Waals surface area contributed by atoms with Crippen LogP contribution in [0.4, 0.5) is 0 Å². The summed E-state index contributed by atoms with van der Waals surface area (Å²) in [5.41, 5.74) is 20.7. The molecular weight excluding hydrogens is 1860 g/mol. The maximum absolute atomic E-state index is 15.5. The summed E-state index contributed by atoms with van der Waals surface area (Å²) in [5, 5.41) is 78.8. The number of carboxylic acid groups (broad SMARTS) is 2. The molecule has 1 aliphatic rings. The molecule has 2 aromatic heterocycles. The number of imidazole rings is 1. The van der Waals surface area contributed by atoms with Gasteiger partial charge >= 0.3 is 11.9 Å². The fourth-order valence-electron chi connectivity index (χ4n) is 15.3. The second kappa shape index (κ2) is 56.0. The van der Waals surface area contributed by atoms with Gasteiger partial charge in [-0.15, -0.1) is 11.8 Å². The Hall–Kier alpha value is -14.6. The molecule has 3 heterocycles. The number of aliphatic hydroxyl groups excluding tert-OH is 1. The molecule has 1 fully saturated rings. The maximum Gasteiger partial charge on any atom is 0.341 e. The Balaban J connectivity index is 1.35. The second-order valence-corrected chi connectivity index (χ2v) is 37.6. The number of ether oxygens (including phenoxy) is 1. The number of hydrogen-bond acceptors (Lipinski definition) is 24. The molecular formula is C96H135N23O22S. The zero-order chi connectivity index (χ0) is 105. The third-order valence-corrected chi connectivity index (χ3v) is 24.3. The van der Waals surface area contributed by atoms with Gasteiger partial charge in [-0.3, -0.25) is 86.9 Å². The van der Waals surface area contributed by atoms with E-state index < -0.39 is 265 Å². The fourth-order valence-corrected chi connectivity index (χ4v) is 16.2. The van der Waals surface area contributed by atoms with Crippen molar-refractivity contribution in [2.24, 2.45) is 40.9 Å². The summed E-state index contributed by atoms with van der Waals surface area (Å²) in [6, 6.07) is 4.10. The molecule has 16 atom stereocenters. The quantitative estimate of drug-likeness (QED) is 0.0133. The van der Waals surface area contributed by atoms with Crippen molar-refractivity contribution in [2.45, 2.75) is 244 Å². The number of primary amides is 1. The van der Waals surface area contributed by atoms with Crippen LogP contribution < -0.4 is 102 Å². The number of aliphatic hydroxyl groups is 1. The lowest BCUT2D eigenvalue weighted by Gasteiger charge is -2.32. The van der Waals surface area contributed by atoms with E-state index in [-0.39, 0.29) is 86.9 Å². The van der Waals surface area contributed by atoms with Gasteiger partial charge in [0.05, 0.1) is 24.6 Å². The summed E-state index contributed by atoms with van der Waals surface area (Å²) >= 11 is 0.680. The van der Waals surface area contributed by atoms with Crippen molar-refractivity contribution < 1.29 is 106 Å². The summed E-state index contributed by atoms with van der Waals surface area (Å²) in [5.74, 6) is -23.3. The van der Waals surface area contributed by atoms with Gasteiger partial charge in [0, 0.05) is 74.0 Å². The van der Waals surface area contributed by atoms with Crippen molar-refractivity contribution in [3.8, 4) is 16.9 Å². The number of hydrogen-bond donors (Lipinski definition) is 24. The second-order valence-electron chi connectivity index (χ2n) is 36.5. The minimum atomic E-state index is -2.13. The molecule has 0 aliphatic carbocycles. The first-order valence-corrected chi connectivity index (χ1v) is 48.0. The number of guanidine groups is 1. The van der Waals surface area contributed by atoms with Crippen LogP contribution in [-0.4, -0.2) is 283 Å². The van der Waals surface area contributed by atoms with E-state index in [2.05, 4.69) is 94.7 Å². The maximum atomic E-state index is 15.5. The van der Waals surface area contributed by atoms with Crippen molar-refractivity contribution in [1.29, 1.82) is 5.41 Å². The summed E-state index contributed by atoms with van der Waals surface area (Å²) in [7, 11) is 1.27. The first-order chi connectivity index (χ1) is 67.2. The topological polar surface area (TPSA) is 707 Å². The van der Waals surface area contributed by atoms with Crippen molar-refractivity contribution in [3.05, 3.63) is 144 Å². The molecule has 0 unspecified atom stereocenters. The number of carbonyl (C=O) groups excluding carboxylic acids is 16. The number of carbonyl (C=O) groups is 18. The number of aromatic amines is 2. The SMILES string of the molecule is CC(C)C[C@@H]1NC(=O)[C@H](CCCN)NC(=O)[C@@H](CC(C)C)NC(=O)[C@H](C)N(C)C(=O)[C@H](CCCNC(=N)N)NC(=O)[C@H](Cc2ccc(-c3ccccc3)cc2)NC(=O)[C@H](C(C)C)NC(=O)[C@H](Cc2c[nH]c3ccccc23)NC(=O)[C@H](CC(=O)O)NC(=O)[C@H](Cc2ccc(OCC(=O)O)cc2)NC(=O)[C@H](Cc2cnc[nH]2)NC(=O)CSC[C@@H](C(=O)N[C@@H](C)C(N)=O)NC(=O)[C@H]([C@@H](C)O)NC(=O)[C@H](C(C)C)NC1=O. The highest BCUT2D eigenvalue weighted by Crippen LogP contribution is 2.25. The number of nitrogens with zero attached hydrogens (tertiary/aromatic N) is 2. The van der Waals surface area contributed by atoms with Gasteiger partial charge in [0.25, 0.3) is 0 Å². The lowest BCUT2D eigenvalue weighted by molar-refractivity contribution is -0.143. The molecule has 0 saturated carbocycles. The van der Waals surface area contributed by atoms with Crippen LogP contribution in [-0.2, 0) is 112 Å². The van der Waals surface area contributed by atoms with E-state index in [1.54, 1.807) is 96.3 Å². The molecule has 1 aliphatic heterocycles. The van der Waals surface area contributed by atoms with E-state index in [9.17, 15) is 68.1 Å². The van der Waals surface area contributed by atoms with Crippen LogP contribution in [0.25, 0.3) is 22.0 Å². The van der Waals surface area contributed by atoms with Gasteiger partial charge in [-0.05, 0) is 136 Å². The molecule has 27 N–H and O–H groups in total. The number of nitrogens with two attached hydrogens (primary N) is 3. The number of H-pyrrole nitrogens is 2. The molecule has 0 bridgehead atoms. The number of amides is 16. The summed E-state index contributed by atoms with van der Waals surface area (Å²) < 4.78 is 5.33. The van der Waals surface area contributed by atoms with Crippen LogP contribution in [0.1, 0.15) is 143 Å². The number of nitrogens with one attached hydrogen (secondary N) is 18. The molecule has 142 heavy (non-hydrogen) atoms. The van der Waals surface area contributed by atoms with Gasteiger partial charge in [-0.25, -0.2) is 9.78 Å². The van der Waals surface area contributed by atoms with Gasteiger partial charge < -0.3 is 132 Å². The van der Waals surface area contributed by atoms with Gasteiger partial charge in [0.2, 0.25) is 94.5 Å². The predicted octanol–water partition coefficient (Wildman–Crippen LogP) is -1.56. The average Bonchev–Trinajstić information content (AvgIpc) is 1.60. The Morgan fingerprint density at radius 2 is 0.979 bits per heavy atom. The monoisotopic (exact) mass is 1990 g/mol. The largest absolute Gasteiger partial charge is 0.482 e. The molecule has 1 saturated heterocycles. The van der Waals surface area contributed by atoms with E-state index >= 15 is 33.6 Å². The fraction of sp³-hybridized carbons (Fsp3) is 0.500. The van der Waals surface area contributed by atoms with Crippen LogP contribution >= 0.6 is 11.8 Å². The summed E-state index contributed by atoms with van der Waals surface area (Å²) in [4.78, 5) is 272. The lowest BCUT2D eigenvalue weighted by Crippen LogP contribution is -2.62. The number of aliphatic carboxylic acids is 2. The molecule has 0 spiro atoms. The number of para-hydroxylation sites is 1. The van der Waals surface area contributed by atoms with E-state index in [1.807, 2.05) is 30.3 Å². The number of fused-ring (bicyclic) bond motifs is 1. The number of aromatic nitrogens is 3. The van der Waals surface area contributed by atoms with Crippen LogP contribution in [0.3, 0.4) is 0 Å². The standard InChI is InChI=1S/C96H135N23O22S/c1-49(2)36-67-84(129)107-65(24-18-34-97)83(128)110-68(37-50(3)4)89(134)117-79(52(7)8)93(138)118-80(55(11)120)94(139)115-74(91(136)105-53(9)81(98)126)46-142-47-75(121)106-72(41-61-44-101-48-104-61)87(132)111-69(39-57-28-32-62(33-29-57)141-45-77(124)125)86(131)113-73(42-76(122)123)88(133)112-71(40-60-43-103-64-23-17-16-22-63(60)64)90(135)116-78(51(5)6)92(137)114-70(38-56-26-30-59(31-27-56)58-20-14-13-15-21-58)85(130)108-66(25-19-35-102-96(99)100)95(140)119(12)54(10)82(127)109-67/h13-17,20-23,26-33,43-44,48-55,65-74,78-80,103,120H,18-19,24-25,34-42,45-47,97H2,1-12H3,(H2,98,126)(H,101,104)(H,105,136)(H,106,121)(H,107,129)(H,108,130)(H,109,127)(H,110,128)(H,111,132)(H,112,133)(H,113,131)(H,114,137)(H,115,139)(H,116,135)(H,117,134)(H,118,138)(H,122,123)(H,124,125)(H4,99,100,102)/t53-,54-,55+,65-,66-,67+,68-,69-,70-,71-,72-,73-,74-,78-,79-,80-/m0/s1. The van der Waals surface area contributed by atoms with Crippen LogP contribution in [0.5, 0.6) is 5.75 Å². The number of rotatable bonds is 31. The van der Waals surface area contributed by atoms with E-state index in [0.29, 0.717) is 33.8 Å². The molecule has 6 aromatic rings. The zero-order valence-corrected chi connectivity index (χ0v) is 82.4. The van der Waals surface area contributed by atoms with Crippen molar-refractivity contribution >= 4 is 135 Å². The third-order valence-electron chi connectivity index (χ3n) is 23.3. The van der Waals surface area contributed by atoms with Crippen LogP contribution in [0.2, 0.25) is 0 Å². The van der Waals surface area contributed by atoms with Crippen molar-refractivity contribution in [3.63, 3.8) is 0 Å². The van der Waals surface area contributed by atoms with E-state index in [4.69, 9.17) is 27.3 Å². The number of benzene rings is 4. The van der Waals surface area contributed by atoms with Crippen LogP contribution in [0, 0.1) is 29.1 Å². The molecule has 46 heteroatoms. The third kappa shape index (κ3) is 36.6. The molecule has 16 amide bonds. The lowest BCUT2D eigenvalue weighted by atomic mass is 9.98. The highest BCUT2D eigenvalue weighted by Gasteiger charge is 2.42. The number of carboxylic acids is 2. The molecule has 4 aromatic carbocycles. The molecule has 45 nitrogen and oxygen atoms in total. The highest BCUT2D eigenvalue weighted by atomic mass is 32.2. The van der Waals surface area contributed by atoms with Crippen molar-refractivity contribution in [2.75, 3.05) is 38.2 Å². The minimum absolute atomic E-state index is 0.0117. The average molecular weight is 2000 g/mol. The molecule has 0 radical (unpaired) electrons. The summed E-state index contributed by atoms with van der Waals surface area (Å²) in [6.07, 6.45) is -0.700. The Morgan fingerprint density at radius 1 is 0.514 bits per heavy atom. The van der Waals surface area contributed by atoms with Gasteiger partial charge in [0.1, 0.15) is 96.4 Å². The smallest absolute Gasteiger partial charge is 0.341 e. The summed E-state index contributed by atoms with van der Waals surface area (Å²) in [6.45, 7) is 16.1. The zero-order valence-electron chi connectivity index (χ0n) is 81.5.